The number of carboxylic acid groups (broad SMARTS) is 1. The lowest BCUT2D eigenvalue weighted by Crippen LogP contribution is -2.41. The Morgan fingerprint density at radius 2 is 1.71 bits per heavy atom. The summed E-state index contributed by atoms with van der Waals surface area (Å²) in [6, 6.07) is 1.87. The third-order valence-electron chi connectivity index (χ3n) is 8.39. The molecule has 2 aliphatic rings. The molecular formula is C28H39Br2ClN4O6S4. The molecule has 0 aromatic carbocycles. The van der Waals surface area contributed by atoms with Gasteiger partial charge >= 0.3 is 5.97 Å². The number of sulfonamides is 2. The van der Waals surface area contributed by atoms with E-state index in [2.05, 4.69) is 46.5 Å². The first-order valence-corrected chi connectivity index (χ1v) is 21.9. The lowest BCUT2D eigenvalue weighted by Gasteiger charge is -2.34. The highest BCUT2D eigenvalue weighted by atomic mass is 79.9. The molecule has 0 aliphatic carbocycles. The van der Waals surface area contributed by atoms with Crippen LogP contribution < -0.4 is 9.62 Å². The predicted molar refractivity (Wildman–Crippen MR) is 189 cm³/mol. The fourth-order valence-electron chi connectivity index (χ4n) is 5.77. The Balaban J connectivity index is 1.20. The molecule has 0 saturated carbocycles. The number of carboxylic acids is 1. The van der Waals surface area contributed by atoms with Crippen molar-refractivity contribution in [2.45, 2.75) is 73.4 Å². The van der Waals surface area contributed by atoms with E-state index in [-0.39, 0.29) is 15.5 Å². The number of hydrogen-bond donors (Lipinski definition) is 2. The number of hydrogen-bond acceptors (Lipinski definition) is 9. The number of pyridine rings is 1. The summed E-state index contributed by atoms with van der Waals surface area (Å²) in [6.45, 7) is 4.67. The molecule has 2 N–H and O–H groups in total. The van der Waals surface area contributed by atoms with E-state index in [4.69, 9.17) is 11.6 Å². The van der Waals surface area contributed by atoms with Crippen molar-refractivity contribution >= 4 is 98.4 Å². The first-order chi connectivity index (χ1) is 21.3. The molecule has 0 bridgehead atoms. The summed E-state index contributed by atoms with van der Waals surface area (Å²) in [5, 5.41) is 9.48. The zero-order valence-electron chi connectivity index (χ0n) is 25.0. The Bertz CT molecular complexity index is 1510. The molecule has 2 fully saturated rings. The molecule has 10 nitrogen and oxygen atoms in total. The van der Waals surface area contributed by atoms with Crippen molar-refractivity contribution in [3.05, 3.63) is 31.6 Å². The molecule has 0 amide bonds. The number of carbonyl (C=O) groups is 1. The van der Waals surface area contributed by atoms with Gasteiger partial charge in [-0.2, -0.15) is 20.8 Å². The standard InChI is InChI=1S/C28H39Br2ClN4O6S4/c1-2-42-15-10-24(28(36)37)33-44(38,39)21-16-23(30)27(32-18-21)34-11-6-19(7-12-34)4-3-5-20-8-13-35(14-9-20)45(40,41)25-17-22(29)26(31)43-25/h16-20,24,33H,2-15H2,1H3,(H,36,37). The fourth-order valence-corrected chi connectivity index (χ4v) is 12.3. The van der Waals surface area contributed by atoms with Gasteiger partial charge in [-0.3, -0.25) is 4.79 Å². The summed E-state index contributed by atoms with van der Waals surface area (Å²) in [4.78, 5) is 18.1. The summed E-state index contributed by atoms with van der Waals surface area (Å²) in [7, 11) is -7.56. The largest absolute Gasteiger partial charge is 0.480 e. The van der Waals surface area contributed by atoms with Gasteiger partial charge < -0.3 is 10.0 Å². The highest BCUT2D eigenvalue weighted by Crippen LogP contribution is 2.37. The van der Waals surface area contributed by atoms with E-state index >= 15 is 0 Å². The zero-order valence-corrected chi connectivity index (χ0v) is 32.2. The number of nitrogens with zero attached hydrogens (tertiary/aromatic N) is 3. The smallest absolute Gasteiger partial charge is 0.321 e. The molecule has 0 spiro atoms. The minimum atomic E-state index is -4.05. The van der Waals surface area contributed by atoms with Crippen LogP contribution in [0.2, 0.25) is 4.34 Å². The molecule has 1 atom stereocenters. The highest BCUT2D eigenvalue weighted by molar-refractivity contribution is 9.11. The van der Waals surface area contributed by atoms with Crippen molar-refractivity contribution in [2.24, 2.45) is 11.8 Å². The summed E-state index contributed by atoms with van der Waals surface area (Å²) < 4.78 is 57.6. The third kappa shape index (κ3) is 10.0. The van der Waals surface area contributed by atoms with Crippen LogP contribution in [0.3, 0.4) is 0 Å². The topological polar surface area (TPSA) is 137 Å². The first kappa shape index (κ1) is 37.4. The quantitative estimate of drug-likeness (QED) is 0.188. The zero-order chi connectivity index (χ0) is 32.8. The summed E-state index contributed by atoms with van der Waals surface area (Å²) >= 11 is 15.5. The Morgan fingerprint density at radius 3 is 2.24 bits per heavy atom. The van der Waals surface area contributed by atoms with Crippen LogP contribution in [0.25, 0.3) is 0 Å². The van der Waals surface area contributed by atoms with Crippen molar-refractivity contribution in [1.29, 1.82) is 0 Å². The lowest BCUT2D eigenvalue weighted by atomic mass is 9.87. The van der Waals surface area contributed by atoms with Crippen LogP contribution in [0.15, 0.2) is 36.4 Å². The number of piperidine rings is 2. The molecule has 4 heterocycles. The van der Waals surface area contributed by atoms with Crippen LogP contribution in [-0.4, -0.2) is 80.9 Å². The van der Waals surface area contributed by atoms with Crippen LogP contribution >= 0.6 is 66.6 Å². The minimum absolute atomic E-state index is 0.0742. The van der Waals surface area contributed by atoms with Gasteiger partial charge in [-0.25, -0.2) is 21.8 Å². The number of aromatic nitrogens is 1. The molecule has 4 rings (SSSR count). The maximum atomic E-state index is 13.0. The van der Waals surface area contributed by atoms with Crippen LogP contribution in [0.1, 0.15) is 58.3 Å². The second-order valence-electron chi connectivity index (χ2n) is 11.4. The monoisotopic (exact) mass is 848 g/mol. The van der Waals surface area contributed by atoms with E-state index in [1.165, 1.54) is 12.3 Å². The minimum Gasteiger partial charge on any atom is -0.480 e. The average molecular weight is 851 g/mol. The molecule has 17 heteroatoms. The molecule has 2 aromatic rings. The van der Waals surface area contributed by atoms with Gasteiger partial charge in [0.1, 0.15) is 25.3 Å². The maximum Gasteiger partial charge on any atom is 0.321 e. The SMILES string of the molecule is CCSCCC(NS(=O)(=O)c1cnc(N2CCC(CCCC3CCN(S(=O)(=O)c4cc(Br)c(Cl)s4)CC3)CC2)c(Br)c1)C(=O)O. The summed E-state index contributed by atoms with van der Waals surface area (Å²) in [5.74, 6) is 1.98. The van der Waals surface area contributed by atoms with Crippen LogP contribution in [0.4, 0.5) is 5.82 Å². The fraction of sp³-hybridized carbons (Fsp3) is 0.643. The van der Waals surface area contributed by atoms with Crippen LogP contribution in [0.5, 0.6) is 0 Å². The molecule has 45 heavy (non-hydrogen) atoms. The van der Waals surface area contributed by atoms with Crippen molar-refractivity contribution in [3.63, 3.8) is 0 Å². The number of thiophene rings is 1. The average Bonchev–Trinajstić information content (AvgIpc) is 3.35. The normalized spacial score (nSPS) is 18.4. The molecule has 252 valence electrons. The van der Waals surface area contributed by atoms with Gasteiger partial charge in [0.25, 0.3) is 10.0 Å². The molecule has 2 saturated heterocycles. The van der Waals surface area contributed by atoms with E-state index in [9.17, 15) is 26.7 Å². The van der Waals surface area contributed by atoms with Gasteiger partial charge in [0.05, 0.1) is 4.47 Å². The second-order valence-corrected chi connectivity index (χ2v) is 20.0. The van der Waals surface area contributed by atoms with Crippen LogP contribution in [-0.2, 0) is 24.8 Å². The second kappa shape index (κ2) is 16.8. The number of thioether (sulfide) groups is 1. The van der Waals surface area contributed by atoms with Crippen molar-refractivity contribution in [2.75, 3.05) is 42.6 Å². The van der Waals surface area contributed by atoms with E-state index in [0.29, 0.717) is 49.8 Å². The number of nitrogens with one attached hydrogen (secondary N) is 1. The van der Waals surface area contributed by atoms with Gasteiger partial charge in [0.15, 0.2) is 0 Å². The van der Waals surface area contributed by atoms with Crippen LogP contribution in [0, 0.1) is 11.8 Å². The van der Waals surface area contributed by atoms with E-state index in [1.807, 2.05) is 6.92 Å². The first-order valence-electron chi connectivity index (χ1n) is 15.0. The maximum absolute atomic E-state index is 13.0. The van der Waals surface area contributed by atoms with Gasteiger partial charge in [-0.15, -0.1) is 11.3 Å². The van der Waals surface area contributed by atoms with Gasteiger partial charge in [-0.05, 0) is 99.4 Å². The Morgan fingerprint density at radius 1 is 1.09 bits per heavy atom. The molecule has 1 unspecified atom stereocenters. The van der Waals surface area contributed by atoms with E-state index < -0.39 is 32.1 Å². The molecule has 0 radical (unpaired) electrons. The Hall–Kier alpha value is -0.460. The lowest BCUT2D eigenvalue weighted by molar-refractivity contribution is -0.139. The predicted octanol–water partition coefficient (Wildman–Crippen LogP) is 6.68. The van der Waals surface area contributed by atoms with Crippen molar-refractivity contribution < 1.29 is 26.7 Å². The van der Waals surface area contributed by atoms with Gasteiger partial charge in [0.2, 0.25) is 10.0 Å². The third-order valence-corrected chi connectivity index (χ3v) is 16.2. The van der Waals surface area contributed by atoms with Crippen molar-refractivity contribution in [3.8, 4) is 0 Å². The Labute approximate surface area is 296 Å². The van der Waals surface area contributed by atoms with E-state index in [0.717, 1.165) is 75.1 Å². The summed E-state index contributed by atoms with van der Waals surface area (Å²) in [5.41, 5.74) is 0. The Kier molecular flexibility index (Phi) is 13.9. The molecule has 2 aliphatic heterocycles. The number of aliphatic carboxylic acids is 1. The van der Waals surface area contributed by atoms with E-state index in [1.54, 1.807) is 22.1 Å². The van der Waals surface area contributed by atoms with Gasteiger partial charge in [0, 0.05) is 36.8 Å². The number of halogens is 3. The summed E-state index contributed by atoms with van der Waals surface area (Å²) in [6.07, 6.45) is 8.60. The highest BCUT2D eigenvalue weighted by Gasteiger charge is 2.32. The number of anilines is 1. The molecule has 2 aromatic heterocycles. The number of rotatable bonds is 15. The molecular weight excluding hydrogens is 812 g/mol. The van der Waals surface area contributed by atoms with Gasteiger partial charge in [-0.1, -0.05) is 37.8 Å². The van der Waals surface area contributed by atoms with Crippen molar-refractivity contribution in [1.82, 2.24) is 14.0 Å².